The van der Waals surface area contributed by atoms with Gasteiger partial charge in [-0.15, -0.1) is 0 Å². The van der Waals surface area contributed by atoms with Crippen LogP contribution in [0.2, 0.25) is 0 Å². The Kier molecular flexibility index (Phi) is 5.00. The molecule has 0 aliphatic heterocycles. The standard InChI is InChI=1S/C14H23N3O3/c1-3-17(12-7-5-6-10(12)8-15)14-16-11(9-20-14)13(18)19-4-2/h9-10,12H,3-8,15H2,1-2H3. The van der Waals surface area contributed by atoms with Crippen molar-refractivity contribution in [1.29, 1.82) is 0 Å². The molecular formula is C14H23N3O3. The number of ether oxygens (including phenoxy) is 1. The lowest BCUT2D eigenvalue weighted by Crippen LogP contribution is -2.40. The number of aromatic nitrogens is 1. The molecular weight excluding hydrogens is 258 g/mol. The van der Waals surface area contributed by atoms with Crippen LogP contribution in [0.25, 0.3) is 0 Å². The summed E-state index contributed by atoms with van der Waals surface area (Å²) in [6.07, 6.45) is 4.77. The van der Waals surface area contributed by atoms with Crippen LogP contribution in [0.3, 0.4) is 0 Å². The number of anilines is 1. The monoisotopic (exact) mass is 281 g/mol. The van der Waals surface area contributed by atoms with Gasteiger partial charge in [-0.3, -0.25) is 0 Å². The molecule has 6 heteroatoms. The maximum absolute atomic E-state index is 11.6. The third kappa shape index (κ3) is 2.95. The number of nitrogens with zero attached hydrogens (tertiary/aromatic N) is 2. The Morgan fingerprint density at radius 3 is 3.00 bits per heavy atom. The normalized spacial score (nSPS) is 21.9. The number of hydrogen-bond donors (Lipinski definition) is 1. The van der Waals surface area contributed by atoms with Crippen molar-refractivity contribution in [3.05, 3.63) is 12.0 Å². The highest BCUT2D eigenvalue weighted by molar-refractivity contribution is 5.87. The predicted octanol–water partition coefficient (Wildman–Crippen LogP) is 1.80. The molecule has 6 nitrogen and oxygen atoms in total. The number of carbonyl (C=O) groups excluding carboxylic acids is 1. The average Bonchev–Trinajstić information content (AvgIpc) is 3.09. The van der Waals surface area contributed by atoms with E-state index in [4.69, 9.17) is 14.9 Å². The van der Waals surface area contributed by atoms with Crippen molar-refractivity contribution in [1.82, 2.24) is 4.98 Å². The number of carbonyl (C=O) groups is 1. The fraction of sp³-hybridized carbons (Fsp3) is 0.714. The Balaban J connectivity index is 2.13. The molecule has 2 atom stereocenters. The van der Waals surface area contributed by atoms with Crippen LogP contribution >= 0.6 is 0 Å². The summed E-state index contributed by atoms with van der Waals surface area (Å²) in [4.78, 5) is 18.0. The van der Waals surface area contributed by atoms with Crippen molar-refractivity contribution in [2.75, 3.05) is 24.6 Å². The number of rotatable bonds is 6. The number of hydrogen-bond acceptors (Lipinski definition) is 6. The lowest BCUT2D eigenvalue weighted by Gasteiger charge is -2.30. The first-order valence-corrected chi connectivity index (χ1v) is 7.30. The first-order valence-electron chi connectivity index (χ1n) is 7.30. The summed E-state index contributed by atoms with van der Waals surface area (Å²) >= 11 is 0. The summed E-state index contributed by atoms with van der Waals surface area (Å²) in [5, 5.41) is 0. The van der Waals surface area contributed by atoms with Crippen molar-refractivity contribution in [3.8, 4) is 0 Å². The zero-order chi connectivity index (χ0) is 14.5. The third-order valence-electron chi connectivity index (χ3n) is 3.89. The van der Waals surface area contributed by atoms with Gasteiger partial charge in [-0.1, -0.05) is 6.42 Å². The largest absolute Gasteiger partial charge is 0.461 e. The second kappa shape index (κ2) is 6.74. The Hall–Kier alpha value is -1.56. The first kappa shape index (κ1) is 14.8. The topological polar surface area (TPSA) is 81.6 Å². The van der Waals surface area contributed by atoms with Crippen molar-refractivity contribution in [2.45, 2.75) is 39.2 Å². The summed E-state index contributed by atoms with van der Waals surface area (Å²) in [5.74, 6) is 0.0215. The number of oxazole rings is 1. The van der Waals surface area contributed by atoms with E-state index < -0.39 is 5.97 Å². The molecule has 1 aromatic heterocycles. The molecule has 0 saturated heterocycles. The van der Waals surface area contributed by atoms with Gasteiger partial charge < -0.3 is 19.8 Å². The quantitative estimate of drug-likeness (QED) is 0.801. The molecule has 20 heavy (non-hydrogen) atoms. The molecule has 0 aromatic carbocycles. The third-order valence-corrected chi connectivity index (χ3v) is 3.89. The van der Waals surface area contributed by atoms with Gasteiger partial charge in [-0.2, -0.15) is 4.98 Å². The second-order valence-electron chi connectivity index (χ2n) is 5.02. The molecule has 0 radical (unpaired) electrons. The molecule has 1 aliphatic rings. The molecule has 1 aromatic rings. The van der Waals surface area contributed by atoms with Gasteiger partial charge in [0.25, 0.3) is 6.01 Å². The highest BCUT2D eigenvalue weighted by atomic mass is 16.5. The summed E-state index contributed by atoms with van der Waals surface area (Å²) in [6.45, 7) is 5.61. The van der Waals surface area contributed by atoms with Crippen LogP contribution in [-0.2, 0) is 4.74 Å². The summed E-state index contributed by atoms with van der Waals surface area (Å²) in [7, 11) is 0. The van der Waals surface area contributed by atoms with Crippen molar-refractivity contribution >= 4 is 12.0 Å². The molecule has 1 fully saturated rings. The van der Waals surface area contributed by atoms with Crippen LogP contribution in [0.5, 0.6) is 0 Å². The molecule has 112 valence electrons. The van der Waals surface area contributed by atoms with E-state index in [-0.39, 0.29) is 5.69 Å². The zero-order valence-electron chi connectivity index (χ0n) is 12.2. The minimum atomic E-state index is -0.444. The van der Waals surface area contributed by atoms with Crippen molar-refractivity contribution < 1.29 is 13.9 Å². The van der Waals surface area contributed by atoms with E-state index in [0.29, 0.717) is 31.1 Å². The van der Waals surface area contributed by atoms with Crippen LogP contribution in [0, 0.1) is 5.92 Å². The molecule has 1 saturated carbocycles. The molecule has 1 aliphatic carbocycles. The SMILES string of the molecule is CCOC(=O)c1coc(N(CC)C2CCCC2CN)n1. The van der Waals surface area contributed by atoms with E-state index >= 15 is 0 Å². The molecule has 1 heterocycles. The maximum atomic E-state index is 11.6. The molecule has 0 bridgehead atoms. The van der Waals surface area contributed by atoms with E-state index in [1.807, 2.05) is 0 Å². The van der Waals surface area contributed by atoms with Gasteiger partial charge in [0.2, 0.25) is 0 Å². The summed E-state index contributed by atoms with van der Waals surface area (Å²) < 4.78 is 10.4. The Morgan fingerprint density at radius 2 is 2.35 bits per heavy atom. The first-order chi connectivity index (χ1) is 9.71. The fourth-order valence-corrected chi connectivity index (χ4v) is 2.91. The summed E-state index contributed by atoms with van der Waals surface area (Å²) in [6, 6.07) is 0.833. The van der Waals surface area contributed by atoms with E-state index in [1.54, 1.807) is 6.92 Å². The van der Waals surface area contributed by atoms with Gasteiger partial charge in [0, 0.05) is 12.6 Å². The Morgan fingerprint density at radius 1 is 1.55 bits per heavy atom. The zero-order valence-corrected chi connectivity index (χ0v) is 12.2. The van der Waals surface area contributed by atoms with Crippen molar-refractivity contribution in [2.24, 2.45) is 11.7 Å². The van der Waals surface area contributed by atoms with Crippen molar-refractivity contribution in [3.63, 3.8) is 0 Å². The van der Waals surface area contributed by atoms with Gasteiger partial charge in [0.1, 0.15) is 6.26 Å². The van der Waals surface area contributed by atoms with Gasteiger partial charge in [-0.25, -0.2) is 4.79 Å². The van der Waals surface area contributed by atoms with Crippen LogP contribution < -0.4 is 10.6 Å². The fourth-order valence-electron chi connectivity index (χ4n) is 2.91. The highest BCUT2D eigenvalue weighted by Gasteiger charge is 2.33. The van der Waals surface area contributed by atoms with Gasteiger partial charge in [0.05, 0.1) is 6.61 Å². The van der Waals surface area contributed by atoms with Gasteiger partial charge >= 0.3 is 5.97 Å². The Labute approximate surface area is 119 Å². The lowest BCUT2D eigenvalue weighted by atomic mass is 10.0. The molecule has 0 spiro atoms. The minimum absolute atomic E-state index is 0.225. The highest BCUT2D eigenvalue weighted by Crippen LogP contribution is 2.32. The molecule has 0 amide bonds. The van der Waals surface area contributed by atoms with E-state index in [2.05, 4.69) is 16.8 Å². The van der Waals surface area contributed by atoms with Gasteiger partial charge in [-0.05, 0) is 39.2 Å². The van der Waals surface area contributed by atoms with E-state index in [0.717, 1.165) is 19.4 Å². The van der Waals surface area contributed by atoms with Crippen LogP contribution in [0.15, 0.2) is 10.7 Å². The number of esters is 1. The molecule has 2 rings (SSSR count). The van der Waals surface area contributed by atoms with Gasteiger partial charge in [0.15, 0.2) is 5.69 Å². The Bertz CT molecular complexity index is 447. The maximum Gasteiger partial charge on any atom is 0.360 e. The van der Waals surface area contributed by atoms with Crippen LogP contribution in [-0.4, -0.2) is 36.7 Å². The number of nitrogens with two attached hydrogens (primary N) is 1. The average molecular weight is 281 g/mol. The van der Waals surface area contributed by atoms with Crippen LogP contribution in [0.1, 0.15) is 43.6 Å². The second-order valence-corrected chi connectivity index (χ2v) is 5.02. The lowest BCUT2D eigenvalue weighted by molar-refractivity contribution is 0.0519. The predicted molar refractivity (Wildman–Crippen MR) is 75.7 cm³/mol. The minimum Gasteiger partial charge on any atom is -0.461 e. The van der Waals surface area contributed by atoms with E-state index in [1.165, 1.54) is 12.7 Å². The van der Waals surface area contributed by atoms with Crippen LogP contribution in [0.4, 0.5) is 6.01 Å². The molecule has 2 N–H and O–H groups in total. The smallest absolute Gasteiger partial charge is 0.360 e. The van der Waals surface area contributed by atoms with E-state index in [9.17, 15) is 4.79 Å². The molecule has 2 unspecified atom stereocenters. The summed E-state index contributed by atoms with van der Waals surface area (Å²) in [5.41, 5.74) is 6.06.